The number of nitro benzene ring substituents is 1. The molecule has 8 nitrogen and oxygen atoms in total. The van der Waals surface area contributed by atoms with Crippen LogP contribution in [0.4, 0.5) is 11.4 Å². The molecule has 0 aromatic heterocycles. The predicted molar refractivity (Wildman–Crippen MR) is 123 cm³/mol. The molecule has 0 saturated heterocycles. The van der Waals surface area contributed by atoms with Crippen LogP contribution in [0.1, 0.15) is 45.1 Å². The average molecular weight is 442 g/mol. The van der Waals surface area contributed by atoms with E-state index < -0.39 is 4.92 Å². The Kier molecular flexibility index (Phi) is 7.92. The SMILES string of the molecule is COc1ccc(COc2ccc([N+](=O)[O-])c(NC3CCC(C(=O)NC(C)C)CC3)c2)cc1. The Morgan fingerprint density at radius 1 is 1.09 bits per heavy atom. The van der Waals surface area contributed by atoms with Gasteiger partial charge in [0.05, 0.1) is 12.0 Å². The number of nitrogens with one attached hydrogen (secondary N) is 2. The normalized spacial score (nSPS) is 18.1. The Morgan fingerprint density at radius 3 is 2.34 bits per heavy atom. The predicted octanol–water partition coefficient (Wildman–Crippen LogP) is 4.68. The Bertz CT molecular complexity index is 922. The molecule has 0 atom stereocenters. The van der Waals surface area contributed by atoms with Gasteiger partial charge in [-0.2, -0.15) is 0 Å². The van der Waals surface area contributed by atoms with Crippen LogP contribution in [0.25, 0.3) is 0 Å². The van der Waals surface area contributed by atoms with E-state index in [0.717, 1.165) is 37.0 Å². The number of hydrogen-bond donors (Lipinski definition) is 2. The van der Waals surface area contributed by atoms with Crippen LogP contribution in [0.15, 0.2) is 42.5 Å². The van der Waals surface area contributed by atoms with Gasteiger partial charge < -0.3 is 20.1 Å². The van der Waals surface area contributed by atoms with Crippen molar-refractivity contribution >= 4 is 17.3 Å². The lowest BCUT2D eigenvalue weighted by Crippen LogP contribution is -2.38. The van der Waals surface area contributed by atoms with Gasteiger partial charge in [0.25, 0.3) is 5.69 Å². The first-order valence-corrected chi connectivity index (χ1v) is 11.0. The standard InChI is InChI=1S/C24H31N3O5/c1-16(2)25-24(28)18-6-8-19(9-7-18)26-22-14-21(12-13-23(22)27(29)30)32-15-17-4-10-20(31-3)11-5-17/h4-5,10-14,16,18-19,26H,6-9,15H2,1-3H3,(H,25,28). The highest BCUT2D eigenvalue weighted by molar-refractivity contribution is 5.79. The van der Waals surface area contributed by atoms with Crippen LogP contribution in [0.3, 0.4) is 0 Å². The van der Waals surface area contributed by atoms with Crippen LogP contribution in [0, 0.1) is 16.0 Å². The van der Waals surface area contributed by atoms with Gasteiger partial charge in [0.1, 0.15) is 23.8 Å². The fourth-order valence-electron chi connectivity index (χ4n) is 3.89. The van der Waals surface area contributed by atoms with E-state index in [4.69, 9.17) is 9.47 Å². The summed E-state index contributed by atoms with van der Waals surface area (Å²) in [6, 6.07) is 12.5. The van der Waals surface area contributed by atoms with Crippen molar-refractivity contribution in [3.8, 4) is 11.5 Å². The second-order valence-corrected chi connectivity index (χ2v) is 8.43. The zero-order valence-corrected chi connectivity index (χ0v) is 18.8. The van der Waals surface area contributed by atoms with Gasteiger partial charge >= 0.3 is 0 Å². The molecule has 1 fully saturated rings. The summed E-state index contributed by atoms with van der Waals surface area (Å²) in [5.41, 5.74) is 1.43. The van der Waals surface area contributed by atoms with Crippen molar-refractivity contribution in [2.45, 2.75) is 58.2 Å². The molecule has 0 spiro atoms. The Hall–Kier alpha value is -3.29. The minimum absolute atomic E-state index is 0.00426. The quantitative estimate of drug-likeness (QED) is 0.433. The molecule has 2 aromatic rings. The van der Waals surface area contributed by atoms with Crippen molar-refractivity contribution in [2.24, 2.45) is 5.92 Å². The molecular formula is C24H31N3O5. The van der Waals surface area contributed by atoms with Crippen LogP contribution in [0.5, 0.6) is 11.5 Å². The van der Waals surface area contributed by atoms with Crippen molar-refractivity contribution in [3.05, 3.63) is 58.1 Å². The van der Waals surface area contributed by atoms with Gasteiger partial charge in [0.2, 0.25) is 5.91 Å². The minimum Gasteiger partial charge on any atom is -0.497 e. The summed E-state index contributed by atoms with van der Waals surface area (Å²) in [5.74, 6) is 1.42. The number of nitro groups is 1. The van der Waals surface area contributed by atoms with E-state index in [-0.39, 0.29) is 29.6 Å². The summed E-state index contributed by atoms with van der Waals surface area (Å²) >= 11 is 0. The van der Waals surface area contributed by atoms with Crippen LogP contribution in [-0.2, 0) is 11.4 Å². The van der Waals surface area contributed by atoms with E-state index >= 15 is 0 Å². The average Bonchev–Trinajstić information content (AvgIpc) is 2.78. The van der Waals surface area contributed by atoms with Gasteiger partial charge in [-0.05, 0) is 63.3 Å². The maximum absolute atomic E-state index is 12.2. The summed E-state index contributed by atoms with van der Waals surface area (Å²) in [5, 5.41) is 17.8. The zero-order valence-electron chi connectivity index (χ0n) is 18.8. The summed E-state index contributed by atoms with van der Waals surface area (Å²) in [6.45, 7) is 4.25. The van der Waals surface area contributed by atoms with Gasteiger partial charge in [-0.15, -0.1) is 0 Å². The van der Waals surface area contributed by atoms with Gasteiger partial charge in [-0.1, -0.05) is 12.1 Å². The van der Waals surface area contributed by atoms with Gasteiger partial charge in [-0.25, -0.2) is 0 Å². The topological polar surface area (TPSA) is 103 Å². The molecule has 1 aliphatic rings. The molecule has 8 heteroatoms. The van der Waals surface area contributed by atoms with E-state index in [9.17, 15) is 14.9 Å². The summed E-state index contributed by atoms with van der Waals surface area (Å²) in [7, 11) is 1.61. The number of nitrogens with zero attached hydrogens (tertiary/aromatic N) is 1. The van der Waals surface area contributed by atoms with Crippen molar-refractivity contribution in [1.29, 1.82) is 0 Å². The molecule has 32 heavy (non-hydrogen) atoms. The molecule has 1 amide bonds. The van der Waals surface area contributed by atoms with Gasteiger partial charge in [0.15, 0.2) is 0 Å². The van der Waals surface area contributed by atoms with E-state index in [1.165, 1.54) is 6.07 Å². The molecule has 3 rings (SSSR count). The highest BCUT2D eigenvalue weighted by atomic mass is 16.6. The molecule has 1 aliphatic carbocycles. The molecule has 0 bridgehead atoms. The smallest absolute Gasteiger partial charge is 0.292 e. The van der Waals surface area contributed by atoms with Crippen LogP contribution in [0.2, 0.25) is 0 Å². The Labute approximate surface area is 188 Å². The first kappa shape index (κ1) is 23.4. The number of carbonyl (C=O) groups excluding carboxylic acids is 1. The molecular weight excluding hydrogens is 410 g/mol. The van der Waals surface area contributed by atoms with Crippen LogP contribution >= 0.6 is 0 Å². The number of ether oxygens (including phenoxy) is 2. The maximum atomic E-state index is 12.2. The molecule has 0 radical (unpaired) electrons. The number of benzene rings is 2. The van der Waals surface area contributed by atoms with Crippen LogP contribution in [-0.4, -0.2) is 30.0 Å². The second-order valence-electron chi connectivity index (χ2n) is 8.43. The van der Waals surface area contributed by atoms with Crippen molar-refractivity contribution < 1.29 is 19.2 Å². The van der Waals surface area contributed by atoms with Crippen molar-refractivity contribution in [1.82, 2.24) is 5.32 Å². The Balaban J connectivity index is 1.62. The molecule has 2 aromatic carbocycles. The third-order valence-electron chi connectivity index (χ3n) is 5.62. The lowest BCUT2D eigenvalue weighted by atomic mass is 9.85. The third-order valence-corrected chi connectivity index (χ3v) is 5.62. The van der Waals surface area contributed by atoms with E-state index in [1.54, 1.807) is 19.2 Å². The van der Waals surface area contributed by atoms with Crippen molar-refractivity contribution in [3.63, 3.8) is 0 Å². The molecule has 0 heterocycles. The minimum atomic E-state index is -0.392. The molecule has 1 saturated carbocycles. The Morgan fingerprint density at radius 2 is 1.75 bits per heavy atom. The first-order valence-electron chi connectivity index (χ1n) is 11.0. The lowest BCUT2D eigenvalue weighted by Gasteiger charge is -2.29. The molecule has 172 valence electrons. The lowest BCUT2D eigenvalue weighted by molar-refractivity contribution is -0.384. The fourth-order valence-corrected chi connectivity index (χ4v) is 3.89. The summed E-state index contributed by atoms with van der Waals surface area (Å²) in [4.78, 5) is 23.4. The van der Waals surface area contributed by atoms with E-state index in [0.29, 0.717) is 18.0 Å². The maximum Gasteiger partial charge on any atom is 0.292 e. The second kappa shape index (κ2) is 10.8. The number of amides is 1. The molecule has 0 aliphatic heterocycles. The van der Waals surface area contributed by atoms with Crippen LogP contribution < -0.4 is 20.1 Å². The number of rotatable bonds is 9. The number of methoxy groups -OCH3 is 1. The fraction of sp³-hybridized carbons (Fsp3) is 0.458. The summed E-state index contributed by atoms with van der Waals surface area (Å²) in [6.07, 6.45) is 3.09. The van der Waals surface area contributed by atoms with Gasteiger partial charge in [-0.3, -0.25) is 14.9 Å². The van der Waals surface area contributed by atoms with E-state index in [1.807, 2.05) is 38.1 Å². The monoisotopic (exact) mass is 441 g/mol. The number of anilines is 1. The highest BCUT2D eigenvalue weighted by Crippen LogP contribution is 2.33. The number of carbonyl (C=O) groups is 1. The molecule has 2 N–H and O–H groups in total. The summed E-state index contributed by atoms with van der Waals surface area (Å²) < 4.78 is 11.0. The number of hydrogen-bond acceptors (Lipinski definition) is 6. The zero-order chi connectivity index (χ0) is 23.1. The van der Waals surface area contributed by atoms with Gasteiger partial charge in [0, 0.05) is 30.1 Å². The van der Waals surface area contributed by atoms with Crippen molar-refractivity contribution in [2.75, 3.05) is 12.4 Å². The third kappa shape index (κ3) is 6.35. The first-order chi connectivity index (χ1) is 15.4. The largest absolute Gasteiger partial charge is 0.497 e. The molecule has 0 unspecified atom stereocenters. The highest BCUT2D eigenvalue weighted by Gasteiger charge is 2.28. The van der Waals surface area contributed by atoms with E-state index in [2.05, 4.69) is 10.6 Å².